The summed E-state index contributed by atoms with van der Waals surface area (Å²) in [6.45, 7) is 2.14. The topological polar surface area (TPSA) is 56.8 Å². The zero-order valence-corrected chi connectivity index (χ0v) is 13.7. The highest BCUT2D eigenvalue weighted by Gasteiger charge is 2.14. The lowest BCUT2D eigenvalue weighted by Crippen LogP contribution is -2.15. The molecule has 1 atom stereocenters. The molecule has 0 amide bonds. The Kier molecular flexibility index (Phi) is 6.69. The summed E-state index contributed by atoms with van der Waals surface area (Å²) >= 11 is 4.91. The number of rotatable bonds is 6. The molecule has 1 aliphatic heterocycles. The Morgan fingerprint density at radius 1 is 1.45 bits per heavy atom. The number of hydrogen-bond acceptors (Lipinski definition) is 4. The summed E-state index contributed by atoms with van der Waals surface area (Å²) in [6, 6.07) is 7.78. The van der Waals surface area contributed by atoms with Crippen molar-refractivity contribution < 1.29 is 9.47 Å². The van der Waals surface area contributed by atoms with Gasteiger partial charge in [-0.2, -0.15) is 0 Å². The van der Waals surface area contributed by atoms with Gasteiger partial charge >= 0.3 is 0 Å². The second-order valence-corrected chi connectivity index (χ2v) is 6.50. The maximum atomic E-state index is 5.85. The van der Waals surface area contributed by atoms with Gasteiger partial charge in [-0.25, -0.2) is 0 Å². The lowest BCUT2D eigenvalue weighted by atomic mass is 10.2. The van der Waals surface area contributed by atoms with Gasteiger partial charge in [0.1, 0.15) is 5.75 Å². The van der Waals surface area contributed by atoms with E-state index in [0.29, 0.717) is 18.3 Å². The predicted molar refractivity (Wildman–Crippen MR) is 87.6 cm³/mol. The molecule has 0 saturated carbocycles. The normalized spacial score (nSPS) is 19.2. The molecule has 20 heavy (non-hydrogen) atoms. The summed E-state index contributed by atoms with van der Waals surface area (Å²) in [5.74, 6) is 1.65. The molecule has 1 aromatic carbocycles. The van der Waals surface area contributed by atoms with Crippen molar-refractivity contribution in [3.63, 3.8) is 0 Å². The highest BCUT2D eigenvalue weighted by atomic mass is 79.9. The van der Waals surface area contributed by atoms with Gasteiger partial charge in [0.2, 0.25) is 0 Å². The van der Waals surface area contributed by atoms with E-state index in [-0.39, 0.29) is 6.10 Å². The summed E-state index contributed by atoms with van der Waals surface area (Å²) in [5.41, 5.74) is 5.85. The molecule has 1 saturated heterocycles. The van der Waals surface area contributed by atoms with Crippen LogP contribution in [-0.2, 0) is 4.74 Å². The van der Waals surface area contributed by atoms with Crippen molar-refractivity contribution in [3.8, 4) is 5.75 Å². The van der Waals surface area contributed by atoms with Crippen molar-refractivity contribution in [2.24, 2.45) is 10.7 Å². The van der Waals surface area contributed by atoms with Crippen molar-refractivity contribution in [1.82, 2.24) is 0 Å². The molecule has 4 nitrogen and oxygen atoms in total. The predicted octanol–water partition coefficient (Wildman–Crippen LogP) is 3.05. The van der Waals surface area contributed by atoms with Gasteiger partial charge in [-0.05, 0) is 37.1 Å². The quantitative estimate of drug-likeness (QED) is 0.482. The van der Waals surface area contributed by atoms with E-state index in [1.807, 2.05) is 24.3 Å². The van der Waals surface area contributed by atoms with Crippen LogP contribution in [0, 0.1) is 0 Å². The van der Waals surface area contributed by atoms with Gasteiger partial charge in [0, 0.05) is 16.8 Å². The first kappa shape index (κ1) is 15.7. The lowest BCUT2D eigenvalue weighted by molar-refractivity contribution is 0.118. The van der Waals surface area contributed by atoms with Crippen molar-refractivity contribution in [3.05, 3.63) is 28.7 Å². The van der Waals surface area contributed by atoms with Crippen LogP contribution in [0.4, 0.5) is 0 Å². The van der Waals surface area contributed by atoms with Crippen LogP contribution >= 0.6 is 27.7 Å². The van der Waals surface area contributed by atoms with E-state index in [4.69, 9.17) is 15.2 Å². The average molecular weight is 359 g/mol. The number of benzene rings is 1. The molecule has 1 aromatic rings. The van der Waals surface area contributed by atoms with Gasteiger partial charge in [0.05, 0.1) is 19.3 Å². The van der Waals surface area contributed by atoms with Crippen LogP contribution in [0.15, 0.2) is 33.7 Å². The molecular formula is C14H19BrN2O2S. The van der Waals surface area contributed by atoms with Crippen LogP contribution in [0.5, 0.6) is 5.75 Å². The fourth-order valence-electron chi connectivity index (χ4n) is 1.86. The molecule has 0 spiro atoms. The Balaban J connectivity index is 1.59. The van der Waals surface area contributed by atoms with E-state index >= 15 is 0 Å². The van der Waals surface area contributed by atoms with Crippen molar-refractivity contribution in [1.29, 1.82) is 0 Å². The van der Waals surface area contributed by atoms with Gasteiger partial charge in [0.15, 0.2) is 5.17 Å². The third kappa shape index (κ3) is 5.73. The number of nitrogens with two attached hydrogens (primary N) is 1. The van der Waals surface area contributed by atoms with Crippen LogP contribution in [0.25, 0.3) is 0 Å². The molecule has 0 bridgehead atoms. The summed E-state index contributed by atoms with van der Waals surface area (Å²) in [7, 11) is 0. The molecule has 0 aliphatic carbocycles. The summed E-state index contributed by atoms with van der Waals surface area (Å²) in [5, 5.41) is 0.611. The van der Waals surface area contributed by atoms with Gasteiger partial charge in [-0.1, -0.05) is 27.7 Å². The standard InChI is InChI=1S/C14H19BrN2O2S/c15-11-3-5-12(6-4-11)19-8-9-20-14(16)17-10-13-2-1-7-18-13/h3-6,13H,1-2,7-10H2,(H2,16,17)/t13-/m1/s1. The summed E-state index contributed by atoms with van der Waals surface area (Å²) < 4.78 is 12.2. The van der Waals surface area contributed by atoms with Crippen molar-refractivity contribution >= 4 is 32.9 Å². The first-order chi connectivity index (χ1) is 9.74. The second kappa shape index (κ2) is 8.54. The Morgan fingerprint density at radius 3 is 2.95 bits per heavy atom. The number of amidine groups is 1. The monoisotopic (exact) mass is 358 g/mol. The van der Waals surface area contributed by atoms with Gasteiger partial charge in [-0.15, -0.1) is 0 Å². The van der Waals surface area contributed by atoms with E-state index in [2.05, 4.69) is 20.9 Å². The first-order valence-electron chi connectivity index (χ1n) is 6.67. The molecule has 6 heteroatoms. The minimum Gasteiger partial charge on any atom is -0.493 e. The zero-order valence-electron chi connectivity index (χ0n) is 11.3. The minimum absolute atomic E-state index is 0.258. The molecule has 2 rings (SSSR count). The average Bonchev–Trinajstić information content (AvgIpc) is 2.96. The van der Waals surface area contributed by atoms with Gasteiger partial charge in [-0.3, -0.25) is 4.99 Å². The van der Waals surface area contributed by atoms with Crippen LogP contribution in [0.3, 0.4) is 0 Å². The Hall–Kier alpha value is -0.720. The van der Waals surface area contributed by atoms with E-state index in [0.717, 1.165) is 35.4 Å². The summed E-state index contributed by atoms with van der Waals surface area (Å²) in [4.78, 5) is 4.33. The molecule has 110 valence electrons. The molecule has 1 fully saturated rings. The van der Waals surface area contributed by atoms with Crippen LogP contribution in [-0.4, -0.2) is 36.8 Å². The largest absolute Gasteiger partial charge is 0.493 e. The number of hydrogen-bond donors (Lipinski definition) is 1. The first-order valence-corrected chi connectivity index (χ1v) is 8.44. The Labute approximate surface area is 132 Å². The smallest absolute Gasteiger partial charge is 0.154 e. The Morgan fingerprint density at radius 2 is 2.25 bits per heavy atom. The molecule has 0 aromatic heterocycles. The van der Waals surface area contributed by atoms with Crippen LogP contribution < -0.4 is 10.5 Å². The highest BCUT2D eigenvalue weighted by Crippen LogP contribution is 2.16. The van der Waals surface area contributed by atoms with E-state index in [1.54, 1.807) is 0 Å². The number of nitrogens with zero attached hydrogens (tertiary/aromatic N) is 1. The lowest BCUT2D eigenvalue weighted by Gasteiger charge is -2.07. The van der Waals surface area contributed by atoms with Crippen molar-refractivity contribution in [2.75, 3.05) is 25.5 Å². The number of thioether (sulfide) groups is 1. The zero-order chi connectivity index (χ0) is 14.2. The Bertz CT molecular complexity index is 433. The highest BCUT2D eigenvalue weighted by molar-refractivity contribution is 9.10. The SMILES string of the molecule is NC(=NC[C@H]1CCCO1)SCCOc1ccc(Br)cc1. The van der Waals surface area contributed by atoms with E-state index < -0.39 is 0 Å². The second-order valence-electron chi connectivity index (χ2n) is 4.46. The number of halogens is 1. The van der Waals surface area contributed by atoms with E-state index in [9.17, 15) is 0 Å². The minimum atomic E-state index is 0.258. The molecular weight excluding hydrogens is 340 g/mol. The molecule has 1 heterocycles. The third-order valence-electron chi connectivity index (χ3n) is 2.89. The van der Waals surface area contributed by atoms with Crippen LogP contribution in [0.1, 0.15) is 12.8 Å². The maximum absolute atomic E-state index is 5.85. The number of aliphatic imine (C=N–C) groups is 1. The third-order valence-corrected chi connectivity index (χ3v) is 4.21. The van der Waals surface area contributed by atoms with Crippen LogP contribution in [0.2, 0.25) is 0 Å². The summed E-state index contributed by atoms with van der Waals surface area (Å²) in [6.07, 6.45) is 2.48. The van der Waals surface area contributed by atoms with Crippen molar-refractivity contribution in [2.45, 2.75) is 18.9 Å². The van der Waals surface area contributed by atoms with Gasteiger partial charge < -0.3 is 15.2 Å². The fraction of sp³-hybridized carbons (Fsp3) is 0.500. The molecule has 0 radical (unpaired) electrons. The maximum Gasteiger partial charge on any atom is 0.154 e. The molecule has 1 aliphatic rings. The fourth-order valence-corrected chi connectivity index (χ4v) is 2.67. The van der Waals surface area contributed by atoms with E-state index in [1.165, 1.54) is 11.8 Å². The van der Waals surface area contributed by atoms with Gasteiger partial charge in [0.25, 0.3) is 0 Å². The molecule has 0 unspecified atom stereocenters. The number of ether oxygens (including phenoxy) is 2. The molecule has 2 N–H and O–H groups in total.